The Morgan fingerprint density at radius 2 is 1.70 bits per heavy atom. The molecule has 1 unspecified atom stereocenters. The van der Waals surface area contributed by atoms with E-state index in [0.717, 1.165) is 0 Å². The van der Waals surface area contributed by atoms with Gasteiger partial charge < -0.3 is 45.8 Å². The summed E-state index contributed by atoms with van der Waals surface area (Å²) in [4.78, 5) is 0. The average molecular weight is 295 g/mol. The van der Waals surface area contributed by atoms with Crippen LogP contribution in [0.2, 0.25) is 0 Å². The molecule has 0 spiro atoms. The van der Waals surface area contributed by atoms with E-state index in [9.17, 15) is 30.6 Å². The zero-order valence-corrected chi connectivity index (χ0v) is 10.6. The molecule has 0 amide bonds. The van der Waals surface area contributed by atoms with Crippen LogP contribution in [-0.4, -0.2) is 97.9 Å². The molecule has 0 saturated carbocycles. The van der Waals surface area contributed by atoms with Gasteiger partial charge in [-0.15, -0.1) is 0 Å². The molecule has 0 aromatic heterocycles. The van der Waals surface area contributed by atoms with Gasteiger partial charge in [0.25, 0.3) is 0 Å². The topological polar surface area (TPSA) is 163 Å². The molecule has 2 saturated heterocycles. The van der Waals surface area contributed by atoms with E-state index in [0.29, 0.717) is 0 Å². The number of ether oxygens (including phenoxy) is 1. The number of nitrogens with one attached hydrogen (secondary N) is 1. The quantitative estimate of drug-likeness (QED) is 0.255. The maximum Gasteiger partial charge on any atom is 0.181 e. The van der Waals surface area contributed by atoms with E-state index in [4.69, 9.17) is 9.84 Å². The van der Waals surface area contributed by atoms with Crippen LogP contribution in [0.5, 0.6) is 0 Å². The standard InChI is InChI=1S/C11H21NO8/c13-2-4-8(16)5(10(18)11(19)20-4)9(17)6-7(15)3(14)1-12-6/h3-19H,1-2H2/t3-,4-,5-,6-,7-,8+,9+,10-,11?/m1/s1. The highest BCUT2D eigenvalue weighted by Crippen LogP contribution is 2.30. The second-order valence-corrected chi connectivity index (χ2v) is 5.29. The summed E-state index contributed by atoms with van der Waals surface area (Å²) < 4.78 is 4.81. The van der Waals surface area contributed by atoms with Crippen LogP contribution >= 0.6 is 0 Å². The zero-order valence-electron chi connectivity index (χ0n) is 10.6. The molecule has 0 aliphatic carbocycles. The summed E-state index contributed by atoms with van der Waals surface area (Å²) in [5.41, 5.74) is 0. The Morgan fingerprint density at radius 1 is 1.05 bits per heavy atom. The van der Waals surface area contributed by atoms with Crippen molar-refractivity contribution in [2.75, 3.05) is 13.2 Å². The van der Waals surface area contributed by atoms with E-state index in [1.54, 1.807) is 0 Å². The van der Waals surface area contributed by atoms with E-state index < -0.39 is 61.5 Å². The van der Waals surface area contributed by atoms with E-state index in [2.05, 4.69) is 5.32 Å². The first kappa shape index (κ1) is 16.0. The summed E-state index contributed by atoms with van der Waals surface area (Å²) in [7, 11) is 0. The third-order valence-electron chi connectivity index (χ3n) is 4.04. The summed E-state index contributed by atoms with van der Waals surface area (Å²) in [6, 6.07) is -0.969. The summed E-state index contributed by atoms with van der Waals surface area (Å²) in [5.74, 6) is -1.24. The minimum atomic E-state index is -1.67. The van der Waals surface area contributed by atoms with Crippen LogP contribution in [0.15, 0.2) is 0 Å². The number of rotatable bonds is 3. The molecule has 20 heavy (non-hydrogen) atoms. The molecule has 2 fully saturated rings. The molecule has 2 rings (SSSR count). The Hall–Kier alpha value is -0.360. The lowest BCUT2D eigenvalue weighted by atomic mass is 9.81. The average Bonchev–Trinajstić information content (AvgIpc) is 2.74. The first-order chi connectivity index (χ1) is 9.38. The van der Waals surface area contributed by atoms with E-state index in [-0.39, 0.29) is 6.54 Å². The van der Waals surface area contributed by atoms with Crippen molar-refractivity contribution in [2.45, 2.75) is 49.0 Å². The van der Waals surface area contributed by atoms with Gasteiger partial charge >= 0.3 is 0 Å². The van der Waals surface area contributed by atoms with Crippen LogP contribution < -0.4 is 5.32 Å². The fraction of sp³-hybridized carbons (Fsp3) is 1.00. The number of hydrogen-bond donors (Lipinski definition) is 8. The first-order valence-corrected chi connectivity index (χ1v) is 6.46. The summed E-state index contributed by atoms with van der Waals surface area (Å²) in [6.07, 6.45) is -9.62. The largest absolute Gasteiger partial charge is 0.394 e. The number of aliphatic hydroxyl groups is 7. The number of β-amino-alcohol motifs (C(OH)–C–C–N with tert-alkyl or cyclic N) is 1. The predicted octanol–water partition coefficient (Wildman–Crippen LogP) is -4.91. The normalized spacial score (nSPS) is 51.1. The van der Waals surface area contributed by atoms with Gasteiger partial charge in [0.2, 0.25) is 0 Å². The molecule has 9 nitrogen and oxygen atoms in total. The second kappa shape index (κ2) is 6.18. The van der Waals surface area contributed by atoms with Gasteiger partial charge in [-0.2, -0.15) is 0 Å². The molecule has 0 aromatic rings. The van der Waals surface area contributed by atoms with E-state index >= 15 is 0 Å². The molecule has 0 bridgehead atoms. The highest BCUT2D eigenvalue weighted by molar-refractivity contribution is 5.02. The maximum atomic E-state index is 10.2. The van der Waals surface area contributed by atoms with Crippen molar-refractivity contribution in [3.8, 4) is 0 Å². The van der Waals surface area contributed by atoms with Crippen molar-refractivity contribution in [3.63, 3.8) is 0 Å². The molecular formula is C11H21NO8. The molecule has 2 aliphatic rings. The second-order valence-electron chi connectivity index (χ2n) is 5.29. The highest BCUT2D eigenvalue weighted by Gasteiger charge is 2.51. The molecule has 9 heteroatoms. The summed E-state index contributed by atoms with van der Waals surface area (Å²) in [6.45, 7) is -0.540. The maximum absolute atomic E-state index is 10.2. The third kappa shape index (κ3) is 2.69. The Balaban J connectivity index is 2.15. The Bertz CT molecular complexity index is 332. The number of hydrogen-bond acceptors (Lipinski definition) is 9. The Labute approximate surface area is 115 Å². The molecule has 0 radical (unpaired) electrons. The molecule has 2 aliphatic heterocycles. The van der Waals surface area contributed by atoms with Crippen LogP contribution in [0, 0.1) is 5.92 Å². The van der Waals surface area contributed by atoms with Gasteiger partial charge in [0.1, 0.15) is 12.2 Å². The molecule has 9 atom stereocenters. The molecule has 0 aromatic carbocycles. The van der Waals surface area contributed by atoms with Crippen molar-refractivity contribution in [1.29, 1.82) is 0 Å². The van der Waals surface area contributed by atoms with E-state index in [1.807, 2.05) is 0 Å². The molecular weight excluding hydrogens is 274 g/mol. The van der Waals surface area contributed by atoms with Crippen molar-refractivity contribution < 1.29 is 40.5 Å². The van der Waals surface area contributed by atoms with Crippen LogP contribution in [0.4, 0.5) is 0 Å². The SMILES string of the molecule is OC[C@H]1OC(O)[C@H](O)[C@@H]([C@H](O)[C@@H]2NC[C@@H](O)[C@H]2O)[C@H]1O. The van der Waals surface area contributed by atoms with Crippen LogP contribution in [0.1, 0.15) is 0 Å². The van der Waals surface area contributed by atoms with Gasteiger partial charge in [-0.05, 0) is 0 Å². The highest BCUT2D eigenvalue weighted by atomic mass is 16.6. The predicted molar refractivity (Wildman–Crippen MR) is 63.3 cm³/mol. The lowest BCUT2D eigenvalue weighted by molar-refractivity contribution is -0.287. The Morgan fingerprint density at radius 3 is 2.20 bits per heavy atom. The van der Waals surface area contributed by atoms with Crippen LogP contribution in [-0.2, 0) is 4.74 Å². The van der Waals surface area contributed by atoms with Crippen LogP contribution in [0.25, 0.3) is 0 Å². The summed E-state index contributed by atoms with van der Waals surface area (Å²) in [5, 5.41) is 70.6. The Kier molecular flexibility index (Phi) is 4.95. The first-order valence-electron chi connectivity index (χ1n) is 6.46. The zero-order chi connectivity index (χ0) is 15.0. The van der Waals surface area contributed by atoms with Gasteiger partial charge in [-0.25, -0.2) is 0 Å². The third-order valence-corrected chi connectivity index (χ3v) is 4.04. The van der Waals surface area contributed by atoms with Crippen molar-refractivity contribution >= 4 is 0 Å². The van der Waals surface area contributed by atoms with Crippen molar-refractivity contribution in [2.24, 2.45) is 5.92 Å². The minimum absolute atomic E-state index is 0.0598. The van der Waals surface area contributed by atoms with Crippen molar-refractivity contribution in [3.05, 3.63) is 0 Å². The lowest BCUT2D eigenvalue weighted by Crippen LogP contribution is -2.62. The van der Waals surface area contributed by atoms with Gasteiger partial charge in [0.05, 0.1) is 37.1 Å². The molecule has 2 heterocycles. The fourth-order valence-corrected chi connectivity index (χ4v) is 2.83. The monoisotopic (exact) mass is 295 g/mol. The van der Waals surface area contributed by atoms with Gasteiger partial charge in [-0.3, -0.25) is 0 Å². The number of aliphatic hydroxyl groups excluding tert-OH is 7. The molecule has 8 N–H and O–H groups in total. The summed E-state index contributed by atoms with van der Waals surface area (Å²) >= 11 is 0. The van der Waals surface area contributed by atoms with Gasteiger partial charge in [0, 0.05) is 12.5 Å². The molecule has 118 valence electrons. The van der Waals surface area contributed by atoms with Gasteiger partial charge in [0.15, 0.2) is 6.29 Å². The fourth-order valence-electron chi connectivity index (χ4n) is 2.83. The minimum Gasteiger partial charge on any atom is -0.394 e. The van der Waals surface area contributed by atoms with Crippen LogP contribution in [0.3, 0.4) is 0 Å². The lowest BCUT2D eigenvalue weighted by Gasteiger charge is -2.43. The van der Waals surface area contributed by atoms with Crippen molar-refractivity contribution in [1.82, 2.24) is 5.32 Å². The smallest absolute Gasteiger partial charge is 0.181 e. The van der Waals surface area contributed by atoms with E-state index in [1.165, 1.54) is 0 Å². The van der Waals surface area contributed by atoms with Gasteiger partial charge in [-0.1, -0.05) is 0 Å².